The van der Waals surface area contributed by atoms with E-state index in [4.69, 9.17) is 23.2 Å². The van der Waals surface area contributed by atoms with E-state index in [1.807, 2.05) is 11.0 Å². The molecular formula is C18H21Cl2N3O. The number of aromatic amines is 1. The van der Waals surface area contributed by atoms with E-state index < -0.39 is 0 Å². The lowest BCUT2D eigenvalue weighted by molar-refractivity contribution is 0.0569. The van der Waals surface area contributed by atoms with Crippen molar-refractivity contribution in [3.8, 4) is 0 Å². The SMILES string of the molecule is O=C(c1[nH]c2ccc(Cl)cc2c1Cl)N1CCN(C2CCCC2)CC1. The van der Waals surface area contributed by atoms with Crippen LogP contribution in [0, 0.1) is 0 Å². The number of benzene rings is 1. The van der Waals surface area contributed by atoms with Crippen LogP contribution in [0.4, 0.5) is 0 Å². The second-order valence-electron chi connectivity index (χ2n) is 6.77. The summed E-state index contributed by atoms with van der Waals surface area (Å²) in [5.74, 6) is -0.0154. The average molecular weight is 366 g/mol. The topological polar surface area (TPSA) is 39.3 Å². The molecule has 0 atom stereocenters. The van der Waals surface area contributed by atoms with Crippen LogP contribution >= 0.6 is 23.2 Å². The third kappa shape index (κ3) is 2.92. The van der Waals surface area contributed by atoms with Crippen LogP contribution in [0.5, 0.6) is 0 Å². The number of carbonyl (C=O) groups excluding carboxylic acids is 1. The van der Waals surface area contributed by atoms with Crippen molar-refractivity contribution in [3.63, 3.8) is 0 Å². The van der Waals surface area contributed by atoms with E-state index in [2.05, 4.69) is 9.88 Å². The molecule has 1 aliphatic heterocycles. The lowest BCUT2D eigenvalue weighted by Gasteiger charge is -2.37. The highest BCUT2D eigenvalue weighted by atomic mass is 35.5. The summed E-state index contributed by atoms with van der Waals surface area (Å²) in [6.45, 7) is 3.45. The second-order valence-corrected chi connectivity index (χ2v) is 7.58. The van der Waals surface area contributed by atoms with Crippen molar-refractivity contribution < 1.29 is 4.79 Å². The largest absolute Gasteiger partial charge is 0.349 e. The Hall–Kier alpha value is -1.23. The number of nitrogens with zero attached hydrogens (tertiary/aromatic N) is 2. The number of amides is 1. The van der Waals surface area contributed by atoms with Gasteiger partial charge in [0.05, 0.1) is 5.02 Å². The molecule has 2 aliphatic rings. The Labute approximate surface area is 151 Å². The molecule has 0 spiro atoms. The molecule has 24 heavy (non-hydrogen) atoms. The molecule has 4 nitrogen and oxygen atoms in total. The zero-order valence-electron chi connectivity index (χ0n) is 13.5. The van der Waals surface area contributed by atoms with Crippen LogP contribution in [-0.4, -0.2) is 52.9 Å². The predicted molar refractivity (Wildman–Crippen MR) is 98.1 cm³/mol. The quantitative estimate of drug-likeness (QED) is 0.866. The minimum absolute atomic E-state index is 0.0154. The summed E-state index contributed by atoms with van der Waals surface area (Å²) in [6.07, 6.45) is 5.30. The Bertz CT molecular complexity index is 759. The average Bonchev–Trinajstić information content (AvgIpc) is 3.24. The van der Waals surface area contributed by atoms with Gasteiger partial charge in [0.2, 0.25) is 0 Å². The molecule has 128 valence electrons. The molecule has 1 N–H and O–H groups in total. The van der Waals surface area contributed by atoms with Gasteiger partial charge in [-0.15, -0.1) is 0 Å². The number of aromatic nitrogens is 1. The Morgan fingerprint density at radius 1 is 1.08 bits per heavy atom. The Balaban J connectivity index is 1.49. The summed E-state index contributed by atoms with van der Waals surface area (Å²) in [5, 5.41) is 1.89. The number of hydrogen-bond donors (Lipinski definition) is 1. The summed E-state index contributed by atoms with van der Waals surface area (Å²) in [4.78, 5) is 20.5. The summed E-state index contributed by atoms with van der Waals surface area (Å²) < 4.78 is 0. The third-order valence-electron chi connectivity index (χ3n) is 5.35. The fraction of sp³-hybridized carbons (Fsp3) is 0.500. The molecule has 2 heterocycles. The molecule has 2 aromatic rings. The van der Waals surface area contributed by atoms with Gasteiger partial charge in [-0.2, -0.15) is 0 Å². The van der Waals surface area contributed by atoms with Gasteiger partial charge >= 0.3 is 0 Å². The summed E-state index contributed by atoms with van der Waals surface area (Å²) in [6, 6.07) is 6.18. The number of nitrogens with one attached hydrogen (secondary N) is 1. The van der Waals surface area contributed by atoms with Gasteiger partial charge < -0.3 is 9.88 Å². The number of rotatable bonds is 2. The molecule has 6 heteroatoms. The van der Waals surface area contributed by atoms with Crippen molar-refractivity contribution in [3.05, 3.63) is 33.9 Å². The van der Waals surface area contributed by atoms with E-state index in [-0.39, 0.29) is 5.91 Å². The summed E-state index contributed by atoms with van der Waals surface area (Å²) in [7, 11) is 0. The van der Waals surface area contributed by atoms with Crippen LogP contribution in [0.25, 0.3) is 10.9 Å². The van der Waals surface area contributed by atoms with Gasteiger partial charge in [0.25, 0.3) is 5.91 Å². The van der Waals surface area contributed by atoms with Gasteiger partial charge in [-0.25, -0.2) is 0 Å². The predicted octanol–water partition coefficient (Wildman–Crippen LogP) is 4.18. The minimum atomic E-state index is -0.0154. The van der Waals surface area contributed by atoms with E-state index in [0.29, 0.717) is 15.7 Å². The first-order valence-corrected chi connectivity index (χ1v) is 9.39. The highest BCUT2D eigenvalue weighted by molar-refractivity contribution is 6.39. The molecular weight excluding hydrogens is 345 g/mol. The maximum atomic E-state index is 12.9. The number of halogens is 2. The molecule has 0 radical (unpaired) electrons. The van der Waals surface area contributed by atoms with Crippen LogP contribution in [0.15, 0.2) is 18.2 Å². The maximum absolute atomic E-state index is 12.9. The second kappa shape index (κ2) is 6.58. The summed E-state index contributed by atoms with van der Waals surface area (Å²) >= 11 is 12.5. The highest BCUT2D eigenvalue weighted by Gasteiger charge is 2.29. The van der Waals surface area contributed by atoms with E-state index >= 15 is 0 Å². The van der Waals surface area contributed by atoms with Gasteiger partial charge in [-0.1, -0.05) is 36.0 Å². The Morgan fingerprint density at radius 3 is 2.50 bits per heavy atom. The first-order valence-electron chi connectivity index (χ1n) is 8.63. The monoisotopic (exact) mass is 365 g/mol. The normalized spacial score (nSPS) is 20.2. The molecule has 1 saturated carbocycles. The zero-order chi connectivity index (χ0) is 16.7. The zero-order valence-corrected chi connectivity index (χ0v) is 15.0. The van der Waals surface area contributed by atoms with Gasteiger partial charge in [-0.3, -0.25) is 9.69 Å². The van der Waals surface area contributed by atoms with Gasteiger partial charge in [0.1, 0.15) is 5.69 Å². The number of hydrogen-bond acceptors (Lipinski definition) is 2. The van der Waals surface area contributed by atoms with Crippen molar-refractivity contribution in [2.24, 2.45) is 0 Å². The van der Waals surface area contributed by atoms with Crippen molar-refractivity contribution >= 4 is 40.0 Å². The number of fused-ring (bicyclic) bond motifs is 1. The van der Waals surface area contributed by atoms with E-state index in [0.717, 1.165) is 43.1 Å². The van der Waals surface area contributed by atoms with Gasteiger partial charge in [0, 0.05) is 48.1 Å². The lowest BCUT2D eigenvalue weighted by atomic mass is 10.1. The van der Waals surface area contributed by atoms with Crippen LogP contribution in [0.2, 0.25) is 10.0 Å². The van der Waals surface area contributed by atoms with Gasteiger partial charge in [0.15, 0.2) is 0 Å². The molecule has 1 aromatic carbocycles. The first-order chi connectivity index (χ1) is 11.6. The number of carbonyl (C=O) groups is 1. The van der Waals surface area contributed by atoms with Crippen molar-refractivity contribution in [2.75, 3.05) is 26.2 Å². The van der Waals surface area contributed by atoms with Gasteiger partial charge in [-0.05, 0) is 31.0 Å². The Morgan fingerprint density at radius 2 is 1.79 bits per heavy atom. The van der Waals surface area contributed by atoms with Crippen molar-refractivity contribution in [1.82, 2.24) is 14.8 Å². The molecule has 0 bridgehead atoms. The molecule has 1 saturated heterocycles. The smallest absolute Gasteiger partial charge is 0.271 e. The molecule has 0 unspecified atom stereocenters. The third-order valence-corrected chi connectivity index (χ3v) is 5.98. The van der Waals surface area contributed by atoms with Crippen LogP contribution < -0.4 is 0 Å². The van der Waals surface area contributed by atoms with Crippen molar-refractivity contribution in [1.29, 1.82) is 0 Å². The fourth-order valence-electron chi connectivity index (χ4n) is 4.00. The van der Waals surface area contributed by atoms with Crippen molar-refractivity contribution in [2.45, 2.75) is 31.7 Å². The lowest BCUT2D eigenvalue weighted by Crippen LogP contribution is -2.51. The van der Waals surface area contributed by atoms with E-state index in [9.17, 15) is 4.79 Å². The first kappa shape index (κ1) is 16.2. The molecule has 1 aliphatic carbocycles. The molecule has 1 aromatic heterocycles. The molecule has 4 rings (SSSR count). The fourth-order valence-corrected chi connectivity index (χ4v) is 4.45. The Kier molecular flexibility index (Phi) is 4.46. The number of H-pyrrole nitrogens is 1. The molecule has 2 fully saturated rings. The minimum Gasteiger partial charge on any atom is -0.349 e. The van der Waals surface area contributed by atoms with Crippen LogP contribution in [-0.2, 0) is 0 Å². The summed E-state index contributed by atoms with van der Waals surface area (Å²) in [5.41, 5.74) is 1.32. The van der Waals surface area contributed by atoms with E-state index in [1.54, 1.807) is 12.1 Å². The highest BCUT2D eigenvalue weighted by Crippen LogP contribution is 2.31. The maximum Gasteiger partial charge on any atom is 0.271 e. The van der Waals surface area contributed by atoms with Crippen LogP contribution in [0.3, 0.4) is 0 Å². The van der Waals surface area contributed by atoms with Crippen LogP contribution in [0.1, 0.15) is 36.2 Å². The molecule has 1 amide bonds. The standard InChI is InChI=1S/C18H21Cl2N3O/c19-12-5-6-15-14(11-12)16(20)17(21-15)18(24)23-9-7-22(8-10-23)13-3-1-2-4-13/h5-6,11,13,21H,1-4,7-10H2. The number of piperazine rings is 1. The van der Waals surface area contributed by atoms with E-state index in [1.165, 1.54) is 25.7 Å².